The number of esters is 1. The van der Waals surface area contributed by atoms with Crippen molar-refractivity contribution >= 4 is 5.97 Å². The average Bonchev–Trinajstić information content (AvgIpc) is 2.48. The molecule has 0 spiro atoms. The van der Waals surface area contributed by atoms with Gasteiger partial charge >= 0.3 is 5.97 Å². The number of hydrogen-bond donors (Lipinski definition) is 0. The van der Waals surface area contributed by atoms with E-state index >= 15 is 0 Å². The van der Waals surface area contributed by atoms with E-state index in [1.54, 1.807) is 0 Å². The molecule has 4 heteroatoms. The topological polar surface area (TPSA) is 53.3 Å². The molecule has 1 aromatic carbocycles. The van der Waals surface area contributed by atoms with Crippen LogP contribution in [0.4, 0.5) is 0 Å². The first-order chi connectivity index (χ1) is 10.2. The summed E-state index contributed by atoms with van der Waals surface area (Å²) in [4.78, 5) is 13.8. The second kappa shape index (κ2) is 9.95. The van der Waals surface area contributed by atoms with Crippen molar-refractivity contribution in [3.8, 4) is 6.07 Å². The van der Waals surface area contributed by atoms with Gasteiger partial charge in [0.25, 0.3) is 0 Å². The van der Waals surface area contributed by atoms with Crippen LogP contribution in [0.3, 0.4) is 0 Å². The Kier molecular flexibility index (Phi) is 8.15. The molecule has 0 heterocycles. The molecular formula is C17H24N2O2. The van der Waals surface area contributed by atoms with E-state index in [1.807, 2.05) is 42.2 Å². The Bertz CT molecular complexity index is 454. The van der Waals surface area contributed by atoms with E-state index in [2.05, 4.69) is 13.0 Å². The predicted octanol–water partition coefficient (Wildman–Crippen LogP) is 3.13. The molecule has 1 atom stereocenters. The predicted molar refractivity (Wildman–Crippen MR) is 82.4 cm³/mol. The third kappa shape index (κ3) is 6.92. The van der Waals surface area contributed by atoms with Gasteiger partial charge in [-0.05, 0) is 18.9 Å². The molecular weight excluding hydrogens is 264 g/mol. The summed E-state index contributed by atoms with van der Waals surface area (Å²) in [5.41, 5.74) is 1.14. The molecule has 0 N–H and O–H groups in total. The zero-order chi connectivity index (χ0) is 15.5. The zero-order valence-corrected chi connectivity index (χ0v) is 12.9. The highest BCUT2D eigenvalue weighted by Gasteiger charge is 2.18. The van der Waals surface area contributed by atoms with Crippen molar-refractivity contribution in [1.29, 1.82) is 5.26 Å². The molecule has 0 aliphatic carbocycles. The summed E-state index contributed by atoms with van der Waals surface area (Å²) in [6.45, 7) is 5.47. The smallest absolute Gasteiger partial charge is 0.307 e. The van der Waals surface area contributed by atoms with Crippen LogP contribution in [-0.4, -0.2) is 30.1 Å². The number of unbranched alkanes of at least 4 members (excludes halogenated alkanes) is 1. The summed E-state index contributed by atoms with van der Waals surface area (Å²) in [7, 11) is 0. The SMILES string of the molecule is CCCCOC(=O)CC(C)N(CC#N)Cc1ccccc1. The van der Waals surface area contributed by atoms with Gasteiger partial charge in [0.15, 0.2) is 0 Å². The minimum Gasteiger partial charge on any atom is -0.466 e. The number of carbonyl (C=O) groups excluding carboxylic acids is 1. The largest absolute Gasteiger partial charge is 0.466 e. The van der Waals surface area contributed by atoms with Crippen molar-refractivity contribution in [2.45, 2.75) is 45.7 Å². The molecule has 0 aliphatic rings. The van der Waals surface area contributed by atoms with E-state index in [0.29, 0.717) is 26.1 Å². The van der Waals surface area contributed by atoms with Crippen LogP contribution < -0.4 is 0 Å². The highest BCUT2D eigenvalue weighted by Crippen LogP contribution is 2.11. The van der Waals surface area contributed by atoms with Gasteiger partial charge in [-0.15, -0.1) is 0 Å². The van der Waals surface area contributed by atoms with Gasteiger partial charge in [-0.3, -0.25) is 9.69 Å². The summed E-state index contributed by atoms with van der Waals surface area (Å²) < 4.78 is 5.18. The van der Waals surface area contributed by atoms with Gasteiger partial charge < -0.3 is 4.74 Å². The summed E-state index contributed by atoms with van der Waals surface area (Å²) in [6, 6.07) is 12.1. The second-order valence-corrected chi connectivity index (χ2v) is 5.18. The van der Waals surface area contributed by atoms with Gasteiger partial charge in [0, 0.05) is 12.6 Å². The van der Waals surface area contributed by atoms with E-state index in [4.69, 9.17) is 10.00 Å². The van der Waals surface area contributed by atoms with Crippen LogP contribution in [0.2, 0.25) is 0 Å². The van der Waals surface area contributed by atoms with Crippen molar-refractivity contribution in [3.63, 3.8) is 0 Å². The number of ether oxygens (including phenoxy) is 1. The maximum absolute atomic E-state index is 11.8. The second-order valence-electron chi connectivity index (χ2n) is 5.18. The van der Waals surface area contributed by atoms with Gasteiger partial charge in [-0.25, -0.2) is 0 Å². The highest BCUT2D eigenvalue weighted by atomic mass is 16.5. The molecule has 114 valence electrons. The number of rotatable bonds is 9. The van der Waals surface area contributed by atoms with Gasteiger partial charge in [0.05, 0.1) is 25.6 Å². The summed E-state index contributed by atoms with van der Waals surface area (Å²) >= 11 is 0. The molecule has 0 saturated heterocycles. The van der Waals surface area contributed by atoms with Crippen molar-refractivity contribution < 1.29 is 9.53 Å². The molecule has 1 rings (SSSR count). The third-order valence-electron chi connectivity index (χ3n) is 3.35. The summed E-state index contributed by atoms with van der Waals surface area (Å²) in [5, 5.41) is 8.96. The Morgan fingerprint density at radius 3 is 2.71 bits per heavy atom. The molecule has 1 aromatic rings. The Balaban J connectivity index is 2.51. The van der Waals surface area contributed by atoms with E-state index in [0.717, 1.165) is 18.4 Å². The monoisotopic (exact) mass is 288 g/mol. The minimum absolute atomic E-state index is 0.0148. The van der Waals surface area contributed by atoms with Crippen molar-refractivity contribution in [3.05, 3.63) is 35.9 Å². The van der Waals surface area contributed by atoms with Crippen LogP contribution in [0.15, 0.2) is 30.3 Å². The zero-order valence-electron chi connectivity index (χ0n) is 12.9. The molecule has 0 aliphatic heterocycles. The Morgan fingerprint density at radius 2 is 2.10 bits per heavy atom. The molecule has 1 unspecified atom stereocenters. The molecule has 0 radical (unpaired) electrons. The highest BCUT2D eigenvalue weighted by molar-refractivity contribution is 5.70. The molecule has 0 saturated carbocycles. The lowest BCUT2D eigenvalue weighted by Crippen LogP contribution is -2.35. The summed E-state index contributed by atoms with van der Waals surface area (Å²) in [6.07, 6.45) is 2.22. The third-order valence-corrected chi connectivity index (χ3v) is 3.35. The van der Waals surface area contributed by atoms with Crippen LogP contribution in [0, 0.1) is 11.3 Å². The number of carbonyl (C=O) groups is 1. The lowest BCUT2D eigenvalue weighted by molar-refractivity contribution is -0.145. The van der Waals surface area contributed by atoms with Crippen molar-refractivity contribution in [2.24, 2.45) is 0 Å². The van der Waals surface area contributed by atoms with Crippen LogP contribution in [0.25, 0.3) is 0 Å². The van der Waals surface area contributed by atoms with Crippen molar-refractivity contribution in [1.82, 2.24) is 4.90 Å². The van der Waals surface area contributed by atoms with Gasteiger partial charge in [0.2, 0.25) is 0 Å². The Hall–Kier alpha value is -1.86. The maximum atomic E-state index is 11.8. The fourth-order valence-corrected chi connectivity index (χ4v) is 2.04. The van der Waals surface area contributed by atoms with Crippen LogP contribution in [0.1, 0.15) is 38.7 Å². The van der Waals surface area contributed by atoms with Gasteiger partial charge in [-0.1, -0.05) is 43.7 Å². The van der Waals surface area contributed by atoms with E-state index in [1.165, 1.54) is 0 Å². The lowest BCUT2D eigenvalue weighted by Gasteiger charge is -2.26. The standard InChI is InChI=1S/C17H24N2O2/c1-3-4-12-21-17(20)13-15(2)19(11-10-18)14-16-8-6-5-7-9-16/h5-9,15H,3-4,11-14H2,1-2H3. The van der Waals surface area contributed by atoms with E-state index in [-0.39, 0.29) is 12.0 Å². The fourth-order valence-electron chi connectivity index (χ4n) is 2.04. The first kappa shape index (κ1) is 17.2. The molecule has 0 aromatic heterocycles. The Morgan fingerprint density at radius 1 is 1.38 bits per heavy atom. The quantitative estimate of drug-likeness (QED) is 0.398. The number of benzene rings is 1. The van der Waals surface area contributed by atoms with E-state index < -0.39 is 0 Å². The maximum Gasteiger partial charge on any atom is 0.307 e. The van der Waals surface area contributed by atoms with Crippen molar-refractivity contribution in [2.75, 3.05) is 13.2 Å². The van der Waals surface area contributed by atoms with Crippen LogP contribution in [-0.2, 0) is 16.1 Å². The molecule has 21 heavy (non-hydrogen) atoms. The molecule has 0 amide bonds. The minimum atomic E-state index is -0.188. The summed E-state index contributed by atoms with van der Waals surface area (Å²) in [5.74, 6) is -0.188. The Labute approximate surface area is 127 Å². The fraction of sp³-hybridized carbons (Fsp3) is 0.529. The first-order valence-electron chi connectivity index (χ1n) is 7.48. The molecule has 4 nitrogen and oxygen atoms in total. The van der Waals surface area contributed by atoms with E-state index in [9.17, 15) is 4.79 Å². The normalized spacial score (nSPS) is 11.9. The van der Waals surface area contributed by atoms with Gasteiger partial charge in [-0.2, -0.15) is 5.26 Å². The van der Waals surface area contributed by atoms with Gasteiger partial charge in [0.1, 0.15) is 0 Å². The number of nitrogens with zero attached hydrogens (tertiary/aromatic N) is 2. The number of hydrogen-bond acceptors (Lipinski definition) is 4. The first-order valence-corrected chi connectivity index (χ1v) is 7.48. The lowest BCUT2D eigenvalue weighted by atomic mass is 10.1. The van der Waals surface area contributed by atoms with Crippen LogP contribution in [0.5, 0.6) is 0 Å². The molecule has 0 bridgehead atoms. The molecule has 0 fully saturated rings. The number of nitriles is 1. The average molecular weight is 288 g/mol. The van der Waals surface area contributed by atoms with Crippen LogP contribution >= 0.6 is 0 Å².